The summed E-state index contributed by atoms with van der Waals surface area (Å²) in [7, 11) is 0. The number of carbonyl (C=O) groups excluding carboxylic acids is 3. The topological polar surface area (TPSA) is 162 Å². The average molecular weight is 546 g/mol. The number of hydrogen-bond acceptors (Lipinski definition) is 6. The van der Waals surface area contributed by atoms with Crippen molar-refractivity contribution >= 4 is 29.5 Å². The zero-order valence-corrected chi connectivity index (χ0v) is 22.3. The second-order valence-corrected chi connectivity index (χ2v) is 9.85. The van der Waals surface area contributed by atoms with Gasteiger partial charge in [0.1, 0.15) is 11.9 Å². The lowest BCUT2D eigenvalue weighted by Crippen LogP contribution is -2.51. The number of amides is 3. The van der Waals surface area contributed by atoms with Crippen LogP contribution in [0.25, 0.3) is 0 Å². The predicted octanol–water partition coefficient (Wildman–Crippen LogP) is 2.94. The van der Waals surface area contributed by atoms with E-state index in [0.717, 1.165) is 11.1 Å². The molecule has 2 aromatic carbocycles. The molecule has 1 saturated heterocycles. The summed E-state index contributed by atoms with van der Waals surface area (Å²) in [6, 6.07) is 12.5. The largest absolute Gasteiger partial charge is 0.480 e. The number of Topliss-reactive ketones (excluding diaryl/α,β-unsaturated/α-hetero) is 1. The van der Waals surface area contributed by atoms with Crippen molar-refractivity contribution in [2.24, 2.45) is 5.92 Å². The van der Waals surface area contributed by atoms with Crippen molar-refractivity contribution in [1.82, 2.24) is 20.2 Å². The molecule has 1 aliphatic rings. The van der Waals surface area contributed by atoms with Crippen LogP contribution >= 0.6 is 0 Å². The first-order valence-corrected chi connectivity index (χ1v) is 13.0. The molecule has 40 heavy (non-hydrogen) atoms. The maximum atomic E-state index is 13.0. The molecule has 11 heteroatoms. The van der Waals surface area contributed by atoms with Crippen molar-refractivity contribution in [3.8, 4) is 0 Å². The van der Waals surface area contributed by atoms with E-state index in [1.807, 2.05) is 12.1 Å². The van der Waals surface area contributed by atoms with Crippen LogP contribution < -0.4 is 16.3 Å². The molecule has 1 aliphatic heterocycles. The Kier molecular flexibility index (Phi) is 8.73. The number of nitrogens with zero attached hydrogens (tertiary/aromatic N) is 2. The van der Waals surface area contributed by atoms with Crippen molar-refractivity contribution in [2.45, 2.75) is 39.2 Å². The number of hydrogen-bond donors (Lipinski definition) is 4. The molecule has 0 saturated carbocycles. The van der Waals surface area contributed by atoms with Crippen LogP contribution in [0.2, 0.25) is 0 Å². The summed E-state index contributed by atoms with van der Waals surface area (Å²) in [6.45, 7) is 4.18. The zero-order chi connectivity index (χ0) is 28.8. The summed E-state index contributed by atoms with van der Waals surface area (Å²) in [6.07, 6.45) is 1.88. The number of anilines is 1. The fraction of sp³-hybridized carbons (Fsp3) is 0.310. The Morgan fingerprint density at radius 3 is 2.30 bits per heavy atom. The van der Waals surface area contributed by atoms with Gasteiger partial charge in [-0.1, -0.05) is 48.5 Å². The molecule has 0 spiro atoms. The number of ketones is 1. The number of carbonyl (C=O) groups is 4. The van der Waals surface area contributed by atoms with E-state index in [4.69, 9.17) is 0 Å². The monoisotopic (exact) mass is 545 g/mol. The van der Waals surface area contributed by atoms with E-state index in [-0.39, 0.29) is 29.5 Å². The van der Waals surface area contributed by atoms with Gasteiger partial charge in [0.2, 0.25) is 0 Å². The Labute approximate surface area is 230 Å². The summed E-state index contributed by atoms with van der Waals surface area (Å²) >= 11 is 0. The molecule has 2 heterocycles. The number of likely N-dealkylation sites (tertiary alicyclic amines) is 1. The number of aromatic nitrogens is 2. The molecule has 0 bridgehead atoms. The smallest absolute Gasteiger partial charge is 0.346 e. The number of nitrogens with one attached hydrogen (secondary N) is 3. The minimum Gasteiger partial charge on any atom is -0.480 e. The Hall–Kier alpha value is -4.80. The normalized spacial score (nSPS) is 14.3. The molecular formula is C29H31N5O6. The molecule has 3 aromatic rings. The molecule has 0 aliphatic carbocycles. The third kappa shape index (κ3) is 6.60. The van der Waals surface area contributed by atoms with Gasteiger partial charge >= 0.3 is 17.7 Å². The van der Waals surface area contributed by atoms with Crippen molar-refractivity contribution in [3.63, 3.8) is 0 Å². The van der Waals surface area contributed by atoms with Crippen molar-refractivity contribution in [1.29, 1.82) is 0 Å². The van der Waals surface area contributed by atoms with Gasteiger partial charge in [0, 0.05) is 48.3 Å². The molecule has 208 valence electrons. The minimum atomic E-state index is -1.36. The van der Waals surface area contributed by atoms with Crippen LogP contribution in [0, 0.1) is 19.8 Å². The molecular weight excluding hydrogens is 514 g/mol. The predicted molar refractivity (Wildman–Crippen MR) is 147 cm³/mol. The highest BCUT2D eigenvalue weighted by molar-refractivity contribution is 6.06. The number of H-pyrrole nitrogens is 1. The van der Waals surface area contributed by atoms with Crippen LogP contribution in [-0.2, 0) is 11.2 Å². The second-order valence-electron chi connectivity index (χ2n) is 9.85. The first kappa shape index (κ1) is 28.2. The highest BCUT2D eigenvalue weighted by Crippen LogP contribution is 2.22. The highest BCUT2D eigenvalue weighted by atomic mass is 16.4. The standard InChI is InChI=1S/C29H31N5O6/c1-17-7-6-8-18(2)23(17)26(36)32-25-21(16-30-28(39)33-25)15-22(27(37)38)31-29(40)34-13-11-20(12-14-34)24(35)19-9-4-3-5-10-19/h3-10,16,20,22H,11-15H2,1-2H3,(H,31,40)(H,37,38)(H2,30,32,33,36,39). The van der Waals surface area contributed by atoms with E-state index < -0.39 is 29.6 Å². The third-order valence-corrected chi connectivity index (χ3v) is 7.07. The zero-order valence-electron chi connectivity index (χ0n) is 22.3. The highest BCUT2D eigenvalue weighted by Gasteiger charge is 2.30. The lowest BCUT2D eigenvalue weighted by atomic mass is 9.89. The summed E-state index contributed by atoms with van der Waals surface area (Å²) < 4.78 is 0. The molecule has 1 fully saturated rings. The Balaban J connectivity index is 1.42. The number of urea groups is 1. The summed E-state index contributed by atoms with van der Waals surface area (Å²) in [5.41, 5.74) is 2.05. The number of aromatic amines is 1. The Bertz CT molecular complexity index is 1460. The van der Waals surface area contributed by atoms with E-state index in [9.17, 15) is 29.1 Å². The number of piperidine rings is 1. The van der Waals surface area contributed by atoms with Gasteiger partial charge in [-0.15, -0.1) is 0 Å². The fourth-order valence-electron chi connectivity index (χ4n) is 4.88. The lowest BCUT2D eigenvalue weighted by Gasteiger charge is -2.32. The Morgan fingerprint density at radius 1 is 1.02 bits per heavy atom. The van der Waals surface area contributed by atoms with Gasteiger partial charge in [-0.3, -0.25) is 14.6 Å². The van der Waals surface area contributed by atoms with Gasteiger partial charge in [-0.2, -0.15) is 0 Å². The maximum Gasteiger partial charge on any atom is 0.346 e. The van der Waals surface area contributed by atoms with Crippen molar-refractivity contribution < 1.29 is 24.3 Å². The molecule has 1 atom stereocenters. The van der Waals surface area contributed by atoms with Crippen LogP contribution in [0.4, 0.5) is 10.6 Å². The summed E-state index contributed by atoms with van der Waals surface area (Å²) in [5, 5.41) is 15.0. The van der Waals surface area contributed by atoms with E-state index in [1.165, 1.54) is 11.1 Å². The molecule has 0 radical (unpaired) electrons. The van der Waals surface area contributed by atoms with Crippen LogP contribution in [0.3, 0.4) is 0 Å². The van der Waals surface area contributed by atoms with Crippen LogP contribution in [-0.4, -0.2) is 62.8 Å². The van der Waals surface area contributed by atoms with Gasteiger partial charge in [-0.05, 0) is 37.8 Å². The minimum absolute atomic E-state index is 0.00777. The quantitative estimate of drug-likeness (QED) is 0.316. The molecule has 11 nitrogen and oxygen atoms in total. The van der Waals surface area contributed by atoms with Gasteiger partial charge in [0.25, 0.3) is 5.91 Å². The van der Waals surface area contributed by atoms with Gasteiger partial charge in [-0.25, -0.2) is 19.4 Å². The molecule has 4 rings (SSSR count). The van der Waals surface area contributed by atoms with E-state index in [2.05, 4.69) is 20.6 Å². The number of aryl methyl sites for hydroxylation is 2. The van der Waals surface area contributed by atoms with E-state index in [0.29, 0.717) is 37.1 Å². The van der Waals surface area contributed by atoms with Crippen molar-refractivity contribution in [2.75, 3.05) is 18.4 Å². The average Bonchev–Trinajstić information content (AvgIpc) is 2.94. The number of aliphatic carboxylic acids is 1. The molecule has 1 aromatic heterocycles. The SMILES string of the molecule is Cc1cccc(C)c1C(=O)Nc1[nH]c(=O)ncc1CC(NC(=O)N1CCC(C(=O)c2ccccc2)CC1)C(=O)O. The number of carboxylic acid groups (broad SMARTS) is 1. The first-order valence-electron chi connectivity index (χ1n) is 13.0. The second kappa shape index (κ2) is 12.4. The maximum absolute atomic E-state index is 13.0. The van der Waals surface area contributed by atoms with E-state index in [1.54, 1.807) is 50.2 Å². The third-order valence-electron chi connectivity index (χ3n) is 7.07. The number of rotatable bonds is 8. The van der Waals surface area contributed by atoms with Gasteiger partial charge in [0.15, 0.2) is 5.78 Å². The lowest BCUT2D eigenvalue weighted by molar-refractivity contribution is -0.139. The first-order chi connectivity index (χ1) is 19.1. The van der Waals surface area contributed by atoms with Crippen LogP contribution in [0.1, 0.15) is 50.2 Å². The summed E-state index contributed by atoms with van der Waals surface area (Å²) in [4.78, 5) is 70.3. The van der Waals surface area contributed by atoms with Crippen LogP contribution in [0.15, 0.2) is 59.5 Å². The van der Waals surface area contributed by atoms with Crippen molar-refractivity contribution in [3.05, 3.63) is 93.0 Å². The number of benzene rings is 2. The van der Waals surface area contributed by atoms with Crippen LogP contribution in [0.5, 0.6) is 0 Å². The van der Waals surface area contributed by atoms with Gasteiger partial charge in [0.05, 0.1) is 0 Å². The van der Waals surface area contributed by atoms with Gasteiger partial charge < -0.3 is 20.6 Å². The molecule has 4 N–H and O–H groups in total. The summed E-state index contributed by atoms with van der Waals surface area (Å²) in [5.74, 6) is -1.93. The van der Waals surface area contributed by atoms with E-state index >= 15 is 0 Å². The molecule has 1 unspecified atom stereocenters. The number of carboxylic acids is 1. The Morgan fingerprint density at radius 2 is 1.68 bits per heavy atom. The fourth-order valence-corrected chi connectivity index (χ4v) is 4.88. The molecule has 3 amide bonds.